The fourth-order valence-corrected chi connectivity index (χ4v) is 6.09. The van der Waals surface area contributed by atoms with Gasteiger partial charge >= 0.3 is 5.97 Å². The van der Waals surface area contributed by atoms with E-state index in [1.54, 1.807) is 0 Å². The molecule has 4 rings (SSSR count). The SMILES string of the molecule is Cc1cc(N(C)C(=O)C2CCC(Oc3ccccc3C(C(=O)O)C(C)C)CC2)ccc1CN1CCN[C@@H](C)C1. The largest absolute Gasteiger partial charge is 0.490 e. The summed E-state index contributed by atoms with van der Waals surface area (Å²) in [5, 5.41) is 13.3. The van der Waals surface area contributed by atoms with Gasteiger partial charge in [0.05, 0.1) is 12.0 Å². The van der Waals surface area contributed by atoms with Gasteiger partial charge in [-0.1, -0.05) is 38.1 Å². The fourth-order valence-electron chi connectivity index (χ4n) is 6.09. The molecule has 1 aliphatic heterocycles. The highest BCUT2D eigenvalue weighted by Gasteiger charge is 2.32. The van der Waals surface area contributed by atoms with Gasteiger partial charge in [0.1, 0.15) is 5.75 Å². The maximum Gasteiger partial charge on any atom is 0.311 e. The Kier molecular flexibility index (Phi) is 9.67. The molecule has 1 saturated heterocycles. The summed E-state index contributed by atoms with van der Waals surface area (Å²) in [6, 6.07) is 14.4. The first-order chi connectivity index (χ1) is 18.6. The molecule has 1 aliphatic carbocycles. The number of nitrogens with zero attached hydrogens (tertiary/aromatic N) is 2. The van der Waals surface area contributed by atoms with Crippen LogP contribution >= 0.6 is 0 Å². The van der Waals surface area contributed by atoms with Crippen molar-refractivity contribution in [3.63, 3.8) is 0 Å². The van der Waals surface area contributed by atoms with Crippen molar-refractivity contribution in [1.29, 1.82) is 0 Å². The molecule has 1 unspecified atom stereocenters. The summed E-state index contributed by atoms with van der Waals surface area (Å²) in [5.41, 5.74) is 4.20. The second-order valence-corrected chi connectivity index (χ2v) is 11.8. The van der Waals surface area contributed by atoms with E-state index in [0.29, 0.717) is 11.8 Å². The number of ether oxygens (including phenoxy) is 1. The monoisotopic (exact) mass is 535 g/mol. The molecule has 0 bridgehead atoms. The van der Waals surface area contributed by atoms with Crippen molar-refractivity contribution < 1.29 is 19.4 Å². The quantitative estimate of drug-likeness (QED) is 0.459. The molecule has 0 aromatic heterocycles. The normalized spacial score (nSPS) is 22.9. The molecule has 7 heteroatoms. The number of hydrogen-bond donors (Lipinski definition) is 2. The van der Waals surface area contributed by atoms with E-state index in [9.17, 15) is 14.7 Å². The predicted octanol–water partition coefficient (Wildman–Crippen LogP) is 5.21. The number of carbonyl (C=O) groups is 2. The number of nitrogens with one attached hydrogen (secondary N) is 1. The lowest BCUT2D eigenvalue weighted by Gasteiger charge is -2.33. The predicted molar refractivity (Wildman–Crippen MR) is 155 cm³/mol. The Balaban J connectivity index is 1.34. The molecule has 2 aromatic rings. The van der Waals surface area contributed by atoms with E-state index in [-0.39, 0.29) is 23.8 Å². The Labute approximate surface area is 233 Å². The van der Waals surface area contributed by atoms with Crippen molar-refractivity contribution in [1.82, 2.24) is 10.2 Å². The summed E-state index contributed by atoms with van der Waals surface area (Å²) in [4.78, 5) is 29.6. The highest BCUT2D eigenvalue weighted by Crippen LogP contribution is 2.36. The summed E-state index contributed by atoms with van der Waals surface area (Å²) in [6.45, 7) is 12.3. The van der Waals surface area contributed by atoms with Gasteiger partial charge in [0.25, 0.3) is 0 Å². The van der Waals surface area contributed by atoms with Crippen LogP contribution in [0.5, 0.6) is 5.75 Å². The standard InChI is InChI=1S/C32H45N3O4/c1-21(2)30(32(37)38)28-8-6-7-9-29(28)39-27-14-11-24(12-15-27)31(36)34(5)26-13-10-25(22(3)18-26)20-35-17-16-33-23(4)19-35/h6-10,13,18,21,23-24,27,30,33H,11-12,14-17,19-20H2,1-5H3,(H,37,38)/t23-,24?,27?,30?/m0/s1. The topological polar surface area (TPSA) is 82.1 Å². The van der Waals surface area contributed by atoms with Crippen LogP contribution in [0.2, 0.25) is 0 Å². The zero-order chi connectivity index (χ0) is 28.1. The van der Waals surface area contributed by atoms with Crippen LogP contribution in [0.3, 0.4) is 0 Å². The van der Waals surface area contributed by atoms with Crippen LogP contribution < -0.4 is 15.0 Å². The number of hydrogen-bond acceptors (Lipinski definition) is 5. The highest BCUT2D eigenvalue weighted by molar-refractivity contribution is 5.94. The molecule has 0 radical (unpaired) electrons. The van der Waals surface area contributed by atoms with Gasteiger partial charge in [-0.15, -0.1) is 0 Å². The Morgan fingerprint density at radius 1 is 1.13 bits per heavy atom. The number of carboxylic acid groups (broad SMARTS) is 1. The van der Waals surface area contributed by atoms with E-state index in [4.69, 9.17) is 4.74 Å². The van der Waals surface area contributed by atoms with E-state index in [0.717, 1.165) is 63.1 Å². The molecule has 0 spiro atoms. The maximum absolute atomic E-state index is 13.4. The van der Waals surface area contributed by atoms with Crippen molar-refractivity contribution in [2.75, 3.05) is 31.6 Å². The minimum Gasteiger partial charge on any atom is -0.490 e. The van der Waals surface area contributed by atoms with Gasteiger partial charge in [-0.05, 0) is 74.8 Å². The van der Waals surface area contributed by atoms with Gasteiger partial charge in [0.15, 0.2) is 0 Å². The van der Waals surface area contributed by atoms with Crippen molar-refractivity contribution in [2.45, 2.75) is 78.0 Å². The summed E-state index contributed by atoms with van der Waals surface area (Å²) < 4.78 is 6.34. The van der Waals surface area contributed by atoms with Gasteiger partial charge in [0.2, 0.25) is 5.91 Å². The number of aliphatic carboxylic acids is 1. The lowest BCUT2D eigenvalue weighted by atomic mass is 9.85. The Morgan fingerprint density at radius 3 is 2.49 bits per heavy atom. The summed E-state index contributed by atoms with van der Waals surface area (Å²) in [7, 11) is 1.88. The van der Waals surface area contributed by atoms with Crippen LogP contribution in [0, 0.1) is 18.8 Å². The zero-order valence-corrected chi connectivity index (χ0v) is 24.2. The molecule has 2 aliphatic rings. The molecular formula is C32H45N3O4. The minimum absolute atomic E-state index is 0.0173. The third kappa shape index (κ3) is 7.20. The van der Waals surface area contributed by atoms with E-state index in [1.807, 2.05) is 50.1 Å². The van der Waals surface area contributed by atoms with Crippen molar-refractivity contribution in [3.8, 4) is 5.75 Å². The third-order valence-corrected chi connectivity index (χ3v) is 8.39. The van der Waals surface area contributed by atoms with E-state index in [1.165, 1.54) is 11.1 Å². The average molecular weight is 536 g/mol. The van der Waals surface area contributed by atoms with Crippen LogP contribution in [0.25, 0.3) is 0 Å². The molecule has 39 heavy (non-hydrogen) atoms. The summed E-state index contributed by atoms with van der Waals surface area (Å²) >= 11 is 0. The van der Waals surface area contributed by atoms with E-state index in [2.05, 4.69) is 42.3 Å². The molecule has 2 N–H and O–H groups in total. The molecule has 1 amide bonds. The Hall–Kier alpha value is -2.90. The summed E-state index contributed by atoms with van der Waals surface area (Å²) in [5.74, 6) is -0.712. The molecule has 1 heterocycles. The zero-order valence-electron chi connectivity index (χ0n) is 24.2. The fraction of sp³-hybridized carbons (Fsp3) is 0.562. The molecular weight excluding hydrogens is 490 g/mol. The van der Waals surface area contributed by atoms with E-state index < -0.39 is 11.9 Å². The first-order valence-electron chi connectivity index (χ1n) is 14.4. The molecule has 2 atom stereocenters. The van der Waals surface area contributed by atoms with Crippen LogP contribution in [0.4, 0.5) is 5.69 Å². The van der Waals surface area contributed by atoms with Gasteiger partial charge in [-0.25, -0.2) is 0 Å². The second-order valence-electron chi connectivity index (χ2n) is 11.8. The van der Waals surface area contributed by atoms with Crippen LogP contribution in [-0.2, 0) is 16.1 Å². The van der Waals surface area contributed by atoms with Crippen LogP contribution in [0.15, 0.2) is 42.5 Å². The van der Waals surface area contributed by atoms with Crippen LogP contribution in [0.1, 0.15) is 69.1 Å². The third-order valence-electron chi connectivity index (χ3n) is 8.39. The van der Waals surface area contributed by atoms with Crippen molar-refractivity contribution >= 4 is 17.6 Å². The Morgan fingerprint density at radius 2 is 1.85 bits per heavy atom. The number of para-hydroxylation sites is 1. The molecule has 2 fully saturated rings. The minimum atomic E-state index is -0.833. The molecule has 7 nitrogen and oxygen atoms in total. The number of benzene rings is 2. The van der Waals surface area contributed by atoms with E-state index >= 15 is 0 Å². The lowest BCUT2D eigenvalue weighted by molar-refractivity contribution is -0.140. The molecule has 2 aromatic carbocycles. The molecule has 1 saturated carbocycles. The van der Waals surface area contributed by atoms with Gasteiger partial charge in [0, 0.05) is 56.4 Å². The van der Waals surface area contributed by atoms with Crippen molar-refractivity contribution in [3.05, 3.63) is 59.2 Å². The number of rotatable bonds is 9. The lowest BCUT2D eigenvalue weighted by Crippen LogP contribution is -2.48. The molecule has 212 valence electrons. The number of piperazine rings is 1. The smallest absolute Gasteiger partial charge is 0.311 e. The first-order valence-corrected chi connectivity index (χ1v) is 14.4. The second kappa shape index (κ2) is 13.0. The van der Waals surface area contributed by atoms with Gasteiger partial charge < -0.3 is 20.1 Å². The first kappa shape index (κ1) is 29.1. The number of carbonyl (C=O) groups excluding carboxylic acids is 1. The number of carboxylic acids is 1. The maximum atomic E-state index is 13.4. The number of anilines is 1. The van der Waals surface area contributed by atoms with Crippen molar-refractivity contribution in [2.24, 2.45) is 11.8 Å². The Bertz CT molecular complexity index is 1140. The van der Waals surface area contributed by atoms with Crippen LogP contribution in [-0.4, -0.2) is 60.7 Å². The number of aryl methyl sites for hydroxylation is 1. The average Bonchev–Trinajstić information content (AvgIpc) is 2.90. The summed E-state index contributed by atoms with van der Waals surface area (Å²) in [6.07, 6.45) is 3.07. The van der Waals surface area contributed by atoms with Gasteiger partial charge in [-0.3, -0.25) is 14.5 Å². The van der Waals surface area contributed by atoms with Gasteiger partial charge in [-0.2, -0.15) is 0 Å². The highest BCUT2D eigenvalue weighted by atomic mass is 16.5. The number of amides is 1.